The van der Waals surface area contributed by atoms with Crippen LogP contribution in [0.4, 0.5) is 5.88 Å². The van der Waals surface area contributed by atoms with Crippen LogP contribution in [-0.4, -0.2) is 10.9 Å². The summed E-state index contributed by atoms with van der Waals surface area (Å²) in [5, 5.41) is 8.41. The molecule has 1 N–H and O–H groups in total. The maximum atomic E-state index is 11.5. The molecule has 16 heavy (non-hydrogen) atoms. The summed E-state index contributed by atoms with van der Waals surface area (Å²) in [4.78, 5) is 12.3. The van der Waals surface area contributed by atoms with Crippen LogP contribution in [0, 0.1) is 6.92 Å². The number of hydrogen-bond acceptors (Lipinski definition) is 5. The average Bonchev–Trinajstić information content (AvgIpc) is 2.89. The van der Waals surface area contributed by atoms with Gasteiger partial charge in [-0.2, -0.15) is 0 Å². The standard InChI is InChI=1S/C11H10N2O2S/c1-8-7-11(15-13-8)12-5-4-9(14)10-3-2-6-16-10/h2-7,12H,1H3. The van der Waals surface area contributed by atoms with E-state index in [1.165, 1.54) is 17.4 Å². The number of ketones is 1. The van der Waals surface area contributed by atoms with E-state index in [9.17, 15) is 4.79 Å². The molecule has 0 aliphatic carbocycles. The minimum Gasteiger partial charge on any atom is -0.338 e. The van der Waals surface area contributed by atoms with Gasteiger partial charge in [0, 0.05) is 18.3 Å². The van der Waals surface area contributed by atoms with Gasteiger partial charge < -0.3 is 9.84 Å². The Morgan fingerprint density at radius 3 is 3.12 bits per heavy atom. The third kappa shape index (κ3) is 2.58. The number of carbonyl (C=O) groups excluding carboxylic acids is 1. The number of carbonyl (C=O) groups is 1. The van der Waals surface area contributed by atoms with Crippen molar-refractivity contribution in [2.75, 3.05) is 5.32 Å². The fraction of sp³-hybridized carbons (Fsp3) is 0.0909. The van der Waals surface area contributed by atoms with Gasteiger partial charge in [-0.15, -0.1) is 11.3 Å². The monoisotopic (exact) mass is 234 g/mol. The van der Waals surface area contributed by atoms with Gasteiger partial charge in [-0.25, -0.2) is 0 Å². The Kier molecular flexibility index (Phi) is 3.16. The molecule has 0 amide bonds. The van der Waals surface area contributed by atoms with E-state index in [1.807, 2.05) is 18.4 Å². The predicted octanol–water partition coefficient (Wildman–Crippen LogP) is 2.85. The maximum absolute atomic E-state index is 11.5. The van der Waals surface area contributed by atoms with E-state index in [4.69, 9.17) is 4.52 Å². The van der Waals surface area contributed by atoms with Crippen molar-refractivity contribution in [3.63, 3.8) is 0 Å². The number of anilines is 1. The molecule has 0 atom stereocenters. The lowest BCUT2D eigenvalue weighted by atomic mass is 10.3. The van der Waals surface area contributed by atoms with Gasteiger partial charge >= 0.3 is 0 Å². The van der Waals surface area contributed by atoms with Crippen molar-refractivity contribution in [3.05, 3.63) is 46.4 Å². The summed E-state index contributed by atoms with van der Waals surface area (Å²) in [6.45, 7) is 1.83. The minimum absolute atomic E-state index is 0.0289. The molecule has 0 aliphatic rings. The number of hydrogen-bond donors (Lipinski definition) is 1. The quantitative estimate of drug-likeness (QED) is 0.652. The highest BCUT2D eigenvalue weighted by Crippen LogP contribution is 2.11. The highest BCUT2D eigenvalue weighted by Gasteiger charge is 2.01. The van der Waals surface area contributed by atoms with Gasteiger partial charge in [-0.1, -0.05) is 11.2 Å². The molecule has 0 spiro atoms. The molecule has 2 aromatic heterocycles. The molecule has 2 aromatic rings. The van der Waals surface area contributed by atoms with E-state index >= 15 is 0 Å². The van der Waals surface area contributed by atoms with Crippen molar-refractivity contribution < 1.29 is 9.32 Å². The lowest BCUT2D eigenvalue weighted by molar-refractivity contribution is 0.105. The Labute approximate surface area is 96.6 Å². The molecule has 0 radical (unpaired) electrons. The summed E-state index contributed by atoms with van der Waals surface area (Å²) >= 11 is 1.42. The summed E-state index contributed by atoms with van der Waals surface area (Å²) in [7, 11) is 0. The van der Waals surface area contributed by atoms with Gasteiger partial charge in [0.1, 0.15) is 0 Å². The lowest BCUT2D eigenvalue weighted by Crippen LogP contribution is -1.92. The van der Waals surface area contributed by atoms with Crippen molar-refractivity contribution >= 4 is 23.0 Å². The summed E-state index contributed by atoms with van der Waals surface area (Å²) in [5.41, 5.74) is 0.792. The molecule has 0 unspecified atom stereocenters. The third-order valence-electron chi connectivity index (χ3n) is 1.85. The number of nitrogens with zero attached hydrogens (tertiary/aromatic N) is 1. The van der Waals surface area contributed by atoms with Gasteiger partial charge in [0.2, 0.25) is 5.88 Å². The summed E-state index contributed by atoms with van der Waals surface area (Å²) < 4.78 is 4.92. The van der Waals surface area contributed by atoms with E-state index in [-0.39, 0.29) is 5.78 Å². The second-order valence-electron chi connectivity index (χ2n) is 3.15. The first-order valence-corrected chi connectivity index (χ1v) is 5.58. The topological polar surface area (TPSA) is 55.1 Å². The van der Waals surface area contributed by atoms with E-state index in [1.54, 1.807) is 18.3 Å². The number of aromatic nitrogens is 1. The van der Waals surface area contributed by atoms with Gasteiger partial charge in [-0.05, 0) is 18.4 Å². The Balaban J connectivity index is 1.93. The highest BCUT2D eigenvalue weighted by atomic mass is 32.1. The van der Waals surface area contributed by atoms with Crippen LogP contribution in [0.2, 0.25) is 0 Å². The first kappa shape index (κ1) is 10.6. The molecule has 2 rings (SSSR count). The van der Waals surface area contributed by atoms with E-state index in [2.05, 4.69) is 10.5 Å². The van der Waals surface area contributed by atoms with Crippen molar-refractivity contribution in [3.8, 4) is 0 Å². The van der Waals surface area contributed by atoms with Crippen LogP contribution in [0.1, 0.15) is 15.4 Å². The molecule has 0 aromatic carbocycles. The van der Waals surface area contributed by atoms with Crippen LogP contribution in [0.15, 0.2) is 40.4 Å². The predicted molar refractivity (Wildman–Crippen MR) is 62.7 cm³/mol. The Hall–Kier alpha value is -1.88. The number of aryl methyl sites for hydroxylation is 1. The van der Waals surface area contributed by atoms with Crippen molar-refractivity contribution in [1.82, 2.24) is 5.16 Å². The fourth-order valence-electron chi connectivity index (χ4n) is 1.13. The zero-order valence-corrected chi connectivity index (χ0v) is 9.45. The SMILES string of the molecule is Cc1cc(NC=CC(=O)c2cccs2)on1. The molecule has 0 saturated heterocycles. The van der Waals surface area contributed by atoms with E-state index in [0.29, 0.717) is 10.8 Å². The van der Waals surface area contributed by atoms with Crippen LogP contribution >= 0.6 is 11.3 Å². The second kappa shape index (κ2) is 4.76. The average molecular weight is 234 g/mol. The molecule has 0 aliphatic heterocycles. The molecule has 0 fully saturated rings. The van der Waals surface area contributed by atoms with Crippen LogP contribution in [0.3, 0.4) is 0 Å². The van der Waals surface area contributed by atoms with Crippen LogP contribution < -0.4 is 5.32 Å². The summed E-state index contributed by atoms with van der Waals surface area (Å²) in [5.74, 6) is 0.492. The van der Waals surface area contributed by atoms with E-state index in [0.717, 1.165) is 5.69 Å². The first-order chi connectivity index (χ1) is 7.75. The molecule has 4 nitrogen and oxygen atoms in total. The normalized spacial score (nSPS) is 10.8. The smallest absolute Gasteiger partial charge is 0.228 e. The molecule has 5 heteroatoms. The van der Waals surface area contributed by atoms with Gasteiger partial charge in [-0.3, -0.25) is 4.79 Å². The summed E-state index contributed by atoms with van der Waals surface area (Å²) in [6, 6.07) is 5.38. The fourth-order valence-corrected chi connectivity index (χ4v) is 1.78. The van der Waals surface area contributed by atoms with Crippen LogP contribution in [-0.2, 0) is 0 Å². The number of nitrogens with one attached hydrogen (secondary N) is 1. The third-order valence-corrected chi connectivity index (χ3v) is 2.74. The zero-order chi connectivity index (χ0) is 11.4. The molecule has 82 valence electrons. The zero-order valence-electron chi connectivity index (χ0n) is 8.64. The van der Waals surface area contributed by atoms with Crippen molar-refractivity contribution in [1.29, 1.82) is 0 Å². The van der Waals surface area contributed by atoms with E-state index < -0.39 is 0 Å². The Morgan fingerprint density at radius 1 is 1.62 bits per heavy atom. The highest BCUT2D eigenvalue weighted by molar-refractivity contribution is 7.12. The van der Waals surface area contributed by atoms with Gasteiger partial charge in [0.15, 0.2) is 5.78 Å². The number of rotatable bonds is 4. The Morgan fingerprint density at radius 2 is 2.50 bits per heavy atom. The molecule has 0 saturated carbocycles. The van der Waals surface area contributed by atoms with Crippen LogP contribution in [0.5, 0.6) is 0 Å². The number of thiophene rings is 1. The van der Waals surface area contributed by atoms with Gasteiger partial charge in [0.05, 0.1) is 10.6 Å². The van der Waals surface area contributed by atoms with Crippen molar-refractivity contribution in [2.45, 2.75) is 6.92 Å². The summed E-state index contributed by atoms with van der Waals surface area (Å²) in [6.07, 6.45) is 3.01. The molecular weight excluding hydrogens is 224 g/mol. The minimum atomic E-state index is -0.0289. The Bertz CT molecular complexity index is 500. The molecular formula is C11H10N2O2S. The second-order valence-corrected chi connectivity index (χ2v) is 4.10. The van der Waals surface area contributed by atoms with Crippen LogP contribution in [0.25, 0.3) is 0 Å². The van der Waals surface area contributed by atoms with Crippen molar-refractivity contribution in [2.24, 2.45) is 0 Å². The molecule has 0 bridgehead atoms. The van der Waals surface area contributed by atoms with Gasteiger partial charge in [0.25, 0.3) is 0 Å². The molecule has 2 heterocycles. The largest absolute Gasteiger partial charge is 0.338 e. The maximum Gasteiger partial charge on any atom is 0.228 e. The lowest BCUT2D eigenvalue weighted by Gasteiger charge is -1.91. The first-order valence-electron chi connectivity index (χ1n) is 4.70. The number of allylic oxidation sites excluding steroid dienone is 1.